The minimum atomic E-state index is -3.60. The van der Waals surface area contributed by atoms with Gasteiger partial charge < -0.3 is 10.2 Å². The molecule has 0 radical (unpaired) electrons. The van der Waals surface area contributed by atoms with Gasteiger partial charge in [0.05, 0.1) is 17.3 Å². The molecule has 1 aliphatic rings. The second-order valence-corrected chi connectivity index (χ2v) is 8.62. The van der Waals surface area contributed by atoms with Crippen molar-refractivity contribution < 1.29 is 8.42 Å². The van der Waals surface area contributed by atoms with Crippen molar-refractivity contribution >= 4 is 39.0 Å². The van der Waals surface area contributed by atoms with Crippen molar-refractivity contribution in [3.63, 3.8) is 0 Å². The Morgan fingerprint density at radius 2 is 1.63 bits per heavy atom. The third kappa shape index (κ3) is 5.36. The van der Waals surface area contributed by atoms with Crippen LogP contribution in [0.15, 0.2) is 72.3 Å². The molecule has 0 spiro atoms. The van der Waals surface area contributed by atoms with E-state index in [1.54, 1.807) is 36.5 Å². The lowest BCUT2D eigenvalue weighted by Gasteiger charge is -2.17. The molecule has 0 unspecified atom stereocenters. The number of nitrogens with zero attached hydrogens (tertiary/aromatic N) is 3. The summed E-state index contributed by atoms with van der Waals surface area (Å²) < 4.78 is 27.1. The van der Waals surface area contributed by atoms with Gasteiger partial charge in [-0.2, -0.15) is 5.10 Å². The van der Waals surface area contributed by atoms with Crippen LogP contribution >= 0.6 is 0 Å². The van der Waals surface area contributed by atoms with Gasteiger partial charge in [-0.25, -0.2) is 8.42 Å². The topological polar surface area (TPSA) is 87.2 Å². The fourth-order valence-electron chi connectivity index (χ4n) is 3.27. The average molecular weight is 422 g/mol. The molecular formula is C22H23N5O2S. The lowest BCUT2D eigenvalue weighted by atomic mass is 10.2. The Hall–Kier alpha value is -3.39. The van der Waals surface area contributed by atoms with E-state index in [-0.39, 0.29) is 0 Å². The summed E-state index contributed by atoms with van der Waals surface area (Å²) in [6.45, 7) is 2.08. The molecule has 0 saturated carbocycles. The monoisotopic (exact) mass is 421 g/mol. The molecule has 4 rings (SSSR count). The summed E-state index contributed by atoms with van der Waals surface area (Å²) in [4.78, 5) is 2.29. The molecule has 0 bridgehead atoms. The van der Waals surface area contributed by atoms with Gasteiger partial charge in [-0.15, -0.1) is 5.10 Å². The fourth-order valence-corrected chi connectivity index (χ4v) is 4.13. The number of rotatable bonds is 7. The van der Waals surface area contributed by atoms with Gasteiger partial charge in [0.15, 0.2) is 5.82 Å². The van der Waals surface area contributed by atoms with Gasteiger partial charge in [0.1, 0.15) is 0 Å². The molecule has 0 aliphatic carbocycles. The van der Waals surface area contributed by atoms with Crippen molar-refractivity contribution in [3.05, 3.63) is 77.8 Å². The third-order valence-electron chi connectivity index (χ3n) is 4.77. The molecule has 0 atom stereocenters. The Morgan fingerprint density at radius 1 is 0.933 bits per heavy atom. The fraction of sp³-hybridized carbons (Fsp3) is 0.182. The molecule has 3 aromatic rings. The Balaban J connectivity index is 1.39. The molecule has 154 valence electrons. The van der Waals surface area contributed by atoms with E-state index in [4.69, 9.17) is 0 Å². The molecule has 30 heavy (non-hydrogen) atoms. The Labute approximate surface area is 176 Å². The van der Waals surface area contributed by atoms with E-state index in [0.29, 0.717) is 11.5 Å². The summed E-state index contributed by atoms with van der Waals surface area (Å²) >= 11 is 0. The Morgan fingerprint density at radius 3 is 2.37 bits per heavy atom. The van der Waals surface area contributed by atoms with E-state index in [0.717, 1.165) is 35.4 Å². The quantitative estimate of drug-likeness (QED) is 0.594. The van der Waals surface area contributed by atoms with Crippen molar-refractivity contribution in [1.82, 2.24) is 10.2 Å². The number of sulfonamides is 1. The molecule has 2 heterocycles. The molecule has 7 nitrogen and oxygen atoms in total. The Kier molecular flexibility index (Phi) is 5.94. The largest absolute Gasteiger partial charge is 0.370 e. The highest BCUT2D eigenvalue weighted by Gasteiger charge is 2.13. The van der Waals surface area contributed by atoms with E-state index >= 15 is 0 Å². The molecule has 1 saturated heterocycles. The van der Waals surface area contributed by atoms with E-state index in [9.17, 15) is 8.42 Å². The predicted molar refractivity (Wildman–Crippen MR) is 121 cm³/mol. The van der Waals surface area contributed by atoms with E-state index < -0.39 is 10.0 Å². The molecule has 1 fully saturated rings. The van der Waals surface area contributed by atoms with Gasteiger partial charge in [-0.1, -0.05) is 30.3 Å². The molecule has 2 N–H and O–H groups in total. The van der Waals surface area contributed by atoms with E-state index in [2.05, 4.69) is 25.1 Å². The minimum Gasteiger partial charge on any atom is -0.370 e. The van der Waals surface area contributed by atoms with Crippen LogP contribution in [0.3, 0.4) is 0 Å². The summed E-state index contributed by atoms with van der Waals surface area (Å²) in [5.41, 5.74) is 3.15. The summed E-state index contributed by atoms with van der Waals surface area (Å²) in [6, 6.07) is 18.3. The van der Waals surface area contributed by atoms with Gasteiger partial charge in [-0.05, 0) is 48.7 Å². The summed E-state index contributed by atoms with van der Waals surface area (Å²) in [5, 5.41) is 12.6. The first-order chi connectivity index (χ1) is 14.6. The lowest BCUT2D eigenvalue weighted by molar-refractivity contribution is 0.609. The van der Waals surface area contributed by atoms with E-state index in [1.807, 2.05) is 36.4 Å². The first-order valence-electron chi connectivity index (χ1n) is 9.78. The van der Waals surface area contributed by atoms with Gasteiger partial charge in [0.2, 0.25) is 0 Å². The predicted octanol–water partition coefficient (Wildman–Crippen LogP) is 4.23. The van der Waals surface area contributed by atoms with Crippen LogP contribution in [0.25, 0.3) is 6.08 Å². The summed E-state index contributed by atoms with van der Waals surface area (Å²) in [7, 11) is -3.60. The van der Waals surface area contributed by atoms with Crippen LogP contribution in [0, 0.1) is 0 Å². The van der Waals surface area contributed by atoms with Crippen LogP contribution in [-0.2, 0) is 10.0 Å². The second kappa shape index (κ2) is 8.96. The number of anilines is 4. The van der Waals surface area contributed by atoms with Crippen molar-refractivity contribution in [2.45, 2.75) is 12.8 Å². The molecule has 8 heteroatoms. The zero-order valence-corrected chi connectivity index (χ0v) is 17.2. The van der Waals surface area contributed by atoms with Gasteiger partial charge in [-0.3, -0.25) is 4.72 Å². The van der Waals surface area contributed by atoms with Crippen LogP contribution < -0.4 is 14.9 Å². The summed E-state index contributed by atoms with van der Waals surface area (Å²) in [6.07, 6.45) is 5.73. The first-order valence-corrected chi connectivity index (χ1v) is 11.3. The zero-order chi connectivity index (χ0) is 20.8. The molecule has 1 aromatic heterocycles. The van der Waals surface area contributed by atoms with Gasteiger partial charge in [0, 0.05) is 30.5 Å². The number of benzene rings is 2. The highest BCUT2D eigenvalue weighted by atomic mass is 32.2. The van der Waals surface area contributed by atoms with Crippen LogP contribution in [0.4, 0.5) is 22.9 Å². The normalized spacial score (nSPS) is 14.2. The molecule has 0 amide bonds. The molecular weight excluding hydrogens is 398 g/mol. The highest BCUT2D eigenvalue weighted by molar-refractivity contribution is 7.95. The molecule has 2 aromatic carbocycles. The van der Waals surface area contributed by atoms with Crippen molar-refractivity contribution in [3.8, 4) is 0 Å². The third-order valence-corrected chi connectivity index (χ3v) is 5.78. The maximum absolute atomic E-state index is 12.3. The number of aromatic nitrogens is 2. The highest BCUT2D eigenvalue weighted by Crippen LogP contribution is 2.23. The Bertz CT molecular complexity index is 1110. The van der Waals surface area contributed by atoms with Gasteiger partial charge in [0.25, 0.3) is 10.0 Å². The average Bonchev–Trinajstić information content (AvgIpc) is 3.30. The van der Waals surface area contributed by atoms with E-state index in [1.165, 1.54) is 12.8 Å². The summed E-state index contributed by atoms with van der Waals surface area (Å²) in [5.74, 6) is 0.651. The maximum atomic E-state index is 12.3. The van der Waals surface area contributed by atoms with Crippen LogP contribution in [-0.4, -0.2) is 31.7 Å². The van der Waals surface area contributed by atoms with Crippen molar-refractivity contribution in [1.29, 1.82) is 0 Å². The SMILES string of the molecule is O=S(=O)(/C=C/c1ccccc1)Nc1ccc(Nc2cc(N3CCCC3)cnn2)cc1. The second-order valence-electron chi connectivity index (χ2n) is 7.06. The maximum Gasteiger partial charge on any atom is 0.255 e. The lowest BCUT2D eigenvalue weighted by Crippen LogP contribution is -2.18. The zero-order valence-electron chi connectivity index (χ0n) is 16.4. The van der Waals surface area contributed by atoms with Crippen molar-refractivity contribution in [2.75, 3.05) is 28.0 Å². The standard InChI is InChI=1S/C22H23N5O2S/c28-30(29,15-12-18-6-2-1-3-7-18)26-20-10-8-19(9-11-20)24-22-16-21(17-23-25-22)27-13-4-5-14-27/h1-3,6-12,15-17,26H,4-5,13-14H2,(H,24,25)/b15-12+. The van der Waals surface area contributed by atoms with Crippen LogP contribution in [0.5, 0.6) is 0 Å². The van der Waals surface area contributed by atoms with Crippen molar-refractivity contribution in [2.24, 2.45) is 0 Å². The van der Waals surface area contributed by atoms with Gasteiger partial charge >= 0.3 is 0 Å². The molecule has 1 aliphatic heterocycles. The number of nitrogens with one attached hydrogen (secondary N) is 2. The minimum absolute atomic E-state index is 0.482. The number of hydrogen-bond acceptors (Lipinski definition) is 6. The van der Waals surface area contributed by atoms with Crippen LogP contribution in [0.1, 0.15) is 18.4 Å². The smallest absolute Gasteiger partial charge is 0.255 e. The van der Waals surface area contributed by atoms with Crippen LogP contribution in [0.2, 0.25) is 0 Å². The number of hydrogen-bond donors (Lipinski definition) is 2. The first kappa shape index (κ1) is 19.9.